The highest BCUT2D eigenvalue weighted by atomic mass is 35.5. The molecule has 0 radical (unpaired) electrons. The smallest absolute Gasteiger partial charge is 0.256 e. The van der Waals surface area contributed by atoms with Gasteiger partial charge in [-0.2, -0.15) is 0 Å². The summed E-state index contributed by atoms with van der Waals surface area (Å²) in [5.74, 6) is -2.07. The van der Waals surface area contributed by atoms with Crippen molar-refractivity contribution in [1.82, 2.24) is 4.90 Å². The van der Waals surface area contributed by atoms with E-state index in [1.165, 1.54) is 12.1 Å². The molecule has 3 nitrogen and oxygen atoms in total. The third-order valence-corrected chi connectivity index (χ3v) is 3.42. The van der Waals surface area contributed by atoms with Crippen LogP contribution in [0.2, 0.25) is 0 Å². The third-order valence-electron chi connectivity index (χ3n) is 3.42. The molecule has 1 saturated heterocycles. The summed E-state index contributed by atoms with van der Waals surface area (Å²) in [6, 6.07) is 3.67. The van der Waals surface area contributed by atoms with Crippen molar-refractivity contribution in [3.63, 3.8) is 0 Å². The molecule has 0 saturated carbocycles. The molecule has 2 N–H and O–H groups in total. The zero-order valence-electron chi connectivity index (χ0n) is 10.4. The van der Waals surface area contributed by atoms with Crippen molar-refractivity contribution >= 4 is 18.3 Å². The van der Waals surface area contributed by atoms with Crippen LogP contribution >= 0.6 is 12.4 Å². The Morgan fingerprint density at radius 1 is 1.32 bits per heavy atom. The summed E-state index contributed by atoms with van der Waals surface area (Å²) in [6.45, 7) is 1.71. The lowest BCUT2D eigenvalue weighted by molar-refractivity contribution is 0.0687. The van der Waals surface area contributed by atoms with Gasteiger partial charge in [-0.3, -0.25) is 4.79 Å². The van der Waals surface area contributed by atoms with Gasteiger partial charge in [-0.05, 0) is 37.4 Å². The lowest BCUT2D eigenvalue weighted by atomic mass is 9.96. The third kappa shape index (κ3) is 3.42. The summed E-state index contributed by atoms with van der Waals surface area (Å²) in [4.78, 5) is 13.6. The van der Waals surface area contributed by atoms with E-state index in [-0.39, 0.29) is 18.0 Å². The number of hydrogen-bond donors (Lipinski definition) is 1. The van der Waals surface area contributed by atoms with E-state index < -0.39 is 17.5 Å². The van der Waals surface area contributed by atoms with Gasteiger partial charge in [-0.1, -0.05) is 6.07 Å². The monoisotopic (exact) mass is 290 g/mol. The molecule has 0 unspecified atom stereocenters. The van der Waals surface area contributed by atoms with E-state index in [4.69, 9.17) is 5.73 Å². The highest BCUT2D eigenvalue weighted by Gasteiger charge is 2.25. The van der Waals surface area contributed by atoms with Gasteiger partial charge in [-0.15, -0.1) is 12.4 Å². The Bertz CT molecular complexity index is 448. The average Bonchev–Trinajstić information content (AvgIpc) is 2.41. The van der Waals surface area contributed by atoms with Gasteiger partial charge in [0.05, 0.1) is 5.56 Å². The number of amides is 1. The van der Waals surface area contributed by atoms with Crippen molar-refractivity contribution in [2.24, 2.45) is 11.7 Å². The summed E-state index contributed by atoms with van der Waals surface area (Å²) in [7, 11) is 0. The minimum Gasteiger partial charge on any atom is -0.339 e. The lowest BCUT2D eigenvalue weighted by Gasteiger charge is -2.31. The molecule has 0 atom stereocenters. The molecule has 6 heteroatoms. The number of nitrogens with two attached hydrogens (primary N) is 1. The first-order valence-electron chi connectivity index (χ1n) is 6.07. The maximum Gasteiger partial charge on any atom is 0.256 e. The van der Waals surface area contributed by atoms with Crippen LogP contribution in [-0.2, 0) is 0 Å². The molecule has 1 aliphatic heterocycles. The van der Waals surface area contributed by atoms with Crippen molar-refractivity contribution in [2.45, 2.75) is 12.8 Å². The van der Waals surface area contributed by atoms with Crippen molar-refractivity contribution in [2.75, 3.05) is 19.6 Å². The van der Waals surface area contributed by atoms with Gasteiger partial charge in [0, 0.05) is 13.1 Å². The van der Waals surface area contributed by atoms with Crippen LogP contribution in [0.3, 0.4) is 0 Å². The number of carbonyl (C=O) groups is 1. The standard InChI is InChI=1S/C13H16F2N2O.ClH/c14-11-3-1-2-10(12(11)15)13(18)17-6-4-9(8-16)5-7-17;/h1-3,9H,4-8,16H2;1H. The predicted molar refractivity (Wildman–Crippen MR) is 71.3 cm³/mol. The van der Waals surface area contributed by atoms with Crippen LogP contribution in [-0.4, -0.2) is 30.4 Å². The predicted octanol–water partition coefficient (Wildman–Crippen LogP) is 2.20. The average molecular weight is 291 g/mol. The highest BCUT2D eigenvalue weighted by molar-refractivity contribution is 5.94. The van der Waals surface area contributed by atoms with Gasteiger partial charge >= 0.3 is 0 Å². The van der Waals surface area contributed by atoms with Gasteiger partial charge in [0.1, 0.15) is 0 Å². The fourth-order valence-electron chi connectivity index (χ4n) is 2.21. The number of carbonyl (C=O) groups excluding carboxylic acids is 1. The van der Waals surface area contributed by atoms with Crippen LogP contribution < -0.4 is 5.73 Å². The van der Waals surface area contributed by atoms with E-state index in [1.807, 2.05) is 0 Å². The first-order valence-corrected chi connectivity index (χ1v) is 6.07. The summed E-state index contributed by atoms with van der Waals surface area (Å²) >= 11 is 0. The largest absolute Gasteiger partial charge is 0.339 e. The van der Waals surface area contributed by atoms with E-state index in [0.29, 0.717) is 25.6 Å². The quantitative estimate of drug-likeness (QED) is 0.907. The normalized spacial score (nSPS) is 16.1. The van der Waals surface area contributed by atoms with Crippen molar-refractivity contribution in [1.29, 1.82) is 0 Å². The molecule has 1 aliphatic rings. The maximum atomic E-state index is 13.5. The summed E-state index contributed by atoms with van der Waals surface area (Å²) in [5, 5.41) is 0. The van der Waals surface area contributed by atoms with Crippen LogP contribution in [0, 0.1) is 17.6 Å². The molecular formula is C13H17ClF2N2O. The zero-order chi connectivity index (χ0) is 13.1. The van der Waals surface area contributed by atoms with E-state index in [2.05, 4.69) is 0 Å². The molecule has 1 fully saturated rings. The molecule has 0 bridgehead atoms. The Hall–Kier alpha value is -1.20. The fraction of sp³-hybridized carbons (Fsp3) is 0.462. The summed E-state index contributed by atoms with van der Waals surface area (Å²) in [6.07, 6.45) is 1.64. The molecule has 1 heterocycles. The number of rotatable bonds is 2. The zero-order valence-corrected chi connectivity index (χ0v) is 11.3. The second-order valence-corrected chi connectivity index (χ2v) is 4.57. The number of nitrogens with zero attached hydrogens (tertiary/aromatic N) is 1. The molecule has 0 spiro atoms. The Kier molecular flexibility index (Phi) is 5.69. The summed E-state index contributed by atoms with van der Waals surface area (Å²) < 4.78 is 26.6. The van der Waals surface area contributed by atoms with Gasteiger partial charge in [0.2, 0.25) is 0 Å². The number of hydrogen-bond acceptors (Lipinski definition) is 2. The SMILES string of the molecule is Cl.NCC1CCN(C(=O)c2cccc(F)c2F)CC1. The molecule has 106 valence electrons. The molecule has 0 aromatic heterocycles. The molecule has 1 aromatic rings. The molecule has 19 heavy (non-hydrogen) atoms. The lowest BCUT2D eigenvalue weighted by Crippen LogP contribution is -2.40. The van der Waals surface area contributed by atoms with Gasteiger partial charge in [0.25, 0.3) is 5.91 Å². The van der Waals surface area contributed by atoms with Crippen LogP contribution in [0.1, 0.15) is 23.2 Å². The van der Waals surface area contributed by atoms with Crippen molar-refractivity contribution in [3.05, 3.63) is 35.4 Å². The first-order chi connectivity index (χ1) is 8.63. The molecular weight excluding hydrogens is 274 g/mol. The van der Waals surface area contributed by atoms with E-state index in [1.54, 1.807) is 4.90 Å². The topological polar surface area (TPSA) is 46.3 Å². The van der Waals surface area contributed by atoms with E-state index >= 15 is 0 Å². The van der Waals surface area contributed by atoms with Gasteiger partial charge in [0.15, 0.2) is 11.6 Å². The Balaban J connectivity index is 0.00000180. The Morgan fingerprint density at radius 3 is 2.53 bits per heavy atom. The van der Waals surface area contributed by atoms with Crippen LogP contribution in [0.15, 0.2) is 18.2 Å². The van der Waals surface area contributed by atoms with E-state index in [9.17, 15) is 13.6 Å². The van der Waals surface area contributed by atoms with Gasteiger partial charge in [-0.25, -0.2) is 8.78 Å². The Labute approximate surface area is 117 Å². The maximum absolute atomic E-state index is 13.5. The van der Waals surface area contributed by atoms with Gasteiger partial charge < -0.3 is 10.6 Å². The molecule has 0 aliphatic carbocycles. The van der Waals surface area contributed by atoms with Crippen molar-refractivity contribution in [3.8, 4) is 0 Å². The number of likely N-dealkylation sites (tertiary alicyclic amines) is 1. The van der Waals surface area contributed by atoms with Crippen LogP contribution in [0.4, 0.5) is 8.78 Å². The fourth-order valence-corrected chi connectivity index (χ4v) is 2.21. The second kappa shape index (κ2) is 6.82. The number of benzene rings is 1. The van der Waals surface area contributed by atoms with E-state index in [0.717, 1.165) is 18.9 Å². The summed E-state index contributed by atoms with van der Waals surface area (Å²) in [5.41, 5.74) is 5.37. The second-order valence-electron chi connectivity index (χ2n) is 4.57. The number of halogens is 3. The Morgan fingerprint density at radius 2 is 1.95 bits per heavy atom. The first kappa shape index (κ1) is 15.9. The molecule has 2 rings (SSSR count). The number of piperidine rings is 1. The molecule has 1 amide bonds. The molecule has 1 aromatic carbocycles. The van der Waals surface area contributed by atoms with Crippen LogP contribution in [0.25, 0.3) is 0 Å². The minimum atomic E-state index is -1.07. The highest BCUT2D eigenvalue weighted by Crippen LogP contribution is 2.20. The van der Waals surface area contributed by atoms with Crippen molar-refractivity contribution < 1.29 is 13.6 Å². The van der Waals surface area contributed by atoms with Crippen LogP contribution in [0.5, 0.6) is 0 Å². The minimum absolute atomic E-state index is 0.